The number of non-ortho nitro benzene ring substituents is 1. The molecule has 1 unspecified atom stereocenters. The van der Waals surface area contributed by atoms with Crippen LogP contribution in [-0.4, -0.2) is 37.2 Å². The lowest BCUT2D eigenvalue weighted by Crippen LogP contribution is -2.39. The molecule has 7 heteroatoms. The van der Waals surface area contributed by atoms with Crippen molar-refractivity contribution in [3.8, 4) is 5.75 Å². The number of carbonyl (C=O) groups is 1. The Labute approximate surface area is 123 Å². The van der Waals surface area contributed by atoms with Crippen LogP contribution in [0, 0.1) is 10.1 Å². The van der Waals surface area contributed by atoms with Crippen LogP contribution in [-0.2, 0) is 9.53 Å². The summed E-state index contributed by atoms with van der Waals surface area (Å²) in [5.41, 5.74) is 0.0133. The van der Waals surface area contributed by atoms with Crippen LogP contribution < -0.4 is 10.1 Å². The molecule has 0 amide bonds. The van der Waals surface area contributed by atoms with Gasteiger partial charge in [-0.25, -0.2) is 0 Å². The number of ether oxygens (including phenoxy) is 2. The first-order chi connectivity index (χ1) is 10.1. The summed E-state index contributed by atoms with van der Waals surface area (Å²) in [6, 6.07) is 5.41. The van der Waals surface area contributed by atoms with Crippen molar-refractivity contribution in [2.75, 3.05) is 20.3 Å². The van der Waals surface area contributed by atoms with E-state index >= 15 is 0 Å². The molecule has 0 aliphatic carbocycles. The summed E-state index contributed by atoms with van der Waals surface area (Å²) in [5, 5.41) is 13.6. The third kappa shape index (κ3) is 5.78. The van der Waals surface area contributed by atoms with Crippen molar-refractivity contribution in [2.45, 2.75) is 25.8 Å². The number of nitro groups is 1. The minimum atomic E-state index is -0.467. The molecule has 1 N–H and O–H groups in total. The second-order valence-corrected chi connectivity index (χ2v) is 4.42. The van der Waals surface area contributed by atoms with E-state index in [2.05, 4.69) is 5.32 Å². The van der Waals surface area contributed by atoms with E-state index in [0.717, 1.165) is 13.0 Å². The smallest absolute Gasteiger partial charge is 0.322 e. The van der Waals surface area contributed by atoms with Gasteiger partial charge in [0.1, 0.15) is 11.8 Å². The number of nitrogens with zero attached hydrogens (tertiary/aromatic N) is 1. The Hall–Kier alpha value is -2.15. The Morgan fingerprint density at radius 3 is 2.57 bits per heavy atom. The zero-order valence-corrected chi connectivity index (χ0v) is 12.2. The zero-order chi connectivity index (χ0) is 15.7. The molecule has 1 aromatic carbocycles. The first-order valence-electron chi connectivity index (χ1n) is 6.77. The summed E-state index contributed by atoms with van der Waals surface area (Å²) >= 11 is 0. The van der Waals surface area contributed by atoms with Gasteiger partial charge >= 0.3 is 5.97 Å². The van der Waals surface area contributed by atoms with Crippen molar-refractivity contribution < 1.29 is 19.2 Å². The average molecular weight is 296 g/mol. The molecule has 0 bridgehead atoms. The van der Waals surface area contributed by atoms with E-state index in [0.29, 0.717) is 18.8 Å². The number of hydrogen-bond donors (Lipinski definition) is 1. The topological polar surface area (TPSA) is 90.7 Å². The minimum Gasteiger partial charge on any atom is -0.494 e. The lowest BCUT2D eigenvalue weighted by atomic mass is 10.2. The van der Waals surface area contributed by atoms with E-state index < -0.39 is 11.0 Å². The monoisotopic (exact) mass is 296 g/mol. The summed E-state index contributed by atoms with van der Waals surface area (Å²) in [4.78, 5) is 21.6. The predicted octanol–water partition coefficient (Wildman–Crippen LogP) is 1.90. The third-order valence-electron chi connectivity index (χ3n) is 2.85. The highest BCUT2D eigenvalue weighted by atomic mass is 16.6. The summed E-state index contributed by atoms with van der Waals surface area (Å²) in [6.07, 6.45) is 1.38. The second kappa shape index (κ2) is 8.91. The SMILES string of the molecule is CCCNC(CCOc1ccc([N+](=O)[O-])cc1)C(=O)OC. The molecule has 0 aromatic heterocycles. The van der Waals surface area contributed by atoms with Gasteiger partial charge < -0.3 is 14.8 Å². The van der Waals surface area contributed by atoms with Gasteiger partial charge in [0.25, 0.3) is 5.69 Å². The van der Waals surface area contributed by atoms with E-state index in [4.69, 9.17) is 9.47 Å². The van der Waals surface area contributed by atoms with Crippen LogP contribution in [0.15, 0.2) is 24.3 Å². The minimum absolute atomic E-state index is 0.0133. The molecule has 0 heterocycles. The number of nitro benzene ring substituents is 1. The quantitative estimate of drug-likeness (QED) is 0.425. The third-order valence-corrected chi connectivity index (χ3v) is 2.85. The van der Waals surface area contributed by atoms with Gasteiger partial charge in [-0.3, -0.25) is 14.9 Å². The fourth-order valence-corrected chi connectivity index (χ4v) is 1.72. The Morgan fingerprint density at radius 1 is 1.38 bits per heavy atom. The number of rotatable bonds is 9. The molecule has 7 nitrogen and oxygen atoms in total. The molecule has 0 saturated carbocycles. The van der Waals surface area contributed by atoms with Gasteiger partial charge in [-0.1, -0.05) is 6.92 Å². The average Bonchev–Trinajstić information content (AvgIpc) is 2.50. The summed E-state index contributed by atoms with van der Waals surface area (Å²) in [5.74, 6) is 0.204. The molecular formula is C14H20N2O5. The van der Waals surface area contributed by atoms with E-state index in [-0.39, 0.29) is 11.7 Å². The van der Waals surface area contributed by atoms with Crippen LogP contribution in [0.1, 0.15) is 19.8 Å². The Balaban J connectivity index is 2.45. The highest BCUT2D eigenvalue weighted by Gasteiger charge is 2.18. The van der Waals surface area contributed by atoms with Crippen LogP contribution in [0.25, 0.3) is 0 Å². The fraction of sp³-hybridized carbons (Fsp3) is 0.500. The molecule has 0 aliphatic rings. The highest BCUT2D eigenvalue weighted by molar-refractivity contribution is 5.75. The molecule has 0 fully saturated rings. The second-order valence-electron chi connectivity index (χ2n) is 4.42. The van der Waals surface area contributed by atoms with Crippen molar-refractivity contribution >= 4 is 11.7 Å². The van der Waals surface area contributed by atoms with Gasteiger partial charge in [0.05, 0.1) is 18.6 Å². The van der Waals surface area contributed by atoms with Gasteiger partial charge in [-0.2, -0.15) is 0 Å². The van der Waals surface area contributed by atoms with Gasteiger partial charge in [-0.05, 0) is 25.1 Å². The number of esters is 1. The van der Waals surface area contributed by atoms with Gasteiger partial charge in [-0.15, -0.1) is 0 Å². The van der Waals surface area contributed by atoms with Crippen molar-refractivity contribution in [1.29, 1.82) is 0 Å². The first-order valence-corrected chi connectivity index (χ1v) is 6.77. The van der Waals surface area contributed by atoms with E-state index in [9.17, 15) is 14.9 Å². The molecule has 21 heavy (non-hydrogen) atoms. The molecule has 0 saturated heterocycles. The van der Waals surface area contributed by atoms with E-state index in [1.165, 1.54) is 31.4 Å². The van der Waals surface area contributed by atoms with E-state index in [1.54, 1.807) is 0 Å². The van der Waals surface area contributed by atoms with Gasteiger partial charge in [0.2, 0.25) is 0 Å². The maximum atomic E-state index is 11.6. The standard InChI is InChI=1S/C14H20N2O5/c1-3-9-15-13(14(17)20-2)8-10-21-12-6-4-11(5-7-12)16(18)19/h4-7,13,15H,3,8-10H2,1-2H3. The maximum Gasteiger partial charge on any atom is 0.322 e. The summed E-state index contributed by atoms with van der Waals surface area (Å²) in [6.45, 7) is 3.04. The number of methoxy groups -OCH3 is 1. The predicted molar refractivity (Wildman–Crippen MR) is 77.3 cm³/mol. The Morgan fingerprint density at radius 2 is 2.05 bits per heavy atom. The van der Waals surface area contributed by atoms with Crippen LogP contribution in [0.3, 0.4) is 0 Å². The largest absolute Gasteiger partial charge is 0.494 e. The molecular weight excluding hydrogens is 276 g/mol. The van der Waals surface area contributed by atoms with Crippen LogP contribution in [0.4, 0.5) is 5.69 Å². The molecule has 1 atom stereocenters. The van der Waals surface area contributed by atoms with Gasteiger partial charge in [0.15, 0.2) is 0 Å². The molecule has 1 rings (SSSR count). The molecule has 116 valence electrons. The number of carbonyl (C=O) groups excluding carboxylic acids is 1. The van der Waals surface area contributed by atoms with Crippen molar-refractivity contribution in [2.24, 2.45) is 0 Å². The maximum absolute atomic E-state index is 11.6. The lowest BCUT2D eigenvalue weighted by molar-refractivity contribution is -0.384. The number of hydrogen-bond acceptors (Lipinski definition) is 6. The Bertz CT molecular complexity index is 461. The molecule has 0 radical (unpaired) electrons. The van der Waals surface area contributed by atoms with Crippen LogP contribution >= 0.6 is 0 Å². The van der Waals surface area contributed by atoms with Crippen molar-refractivity contribution in [1.82, 2.24) is 5.32 Å². The molecule has 1 aromatic rings. The molecule has 0 aliphatic heterocycles. The molecule has 0 spiro atoms. The van der Waals surface area contributed by atoms with Crippen molar-refractivity contribution in [3.63, 3.8) is 0 Å². The number of benzene rings is 1. The number of nitrogens with one attached hydrogen (secondary N) is 1. The van der Waals surface area contributed by atoms with Gasteiger partial charge in [0, 0.05) is 18.6 Å². The Kier molecular flexibility index (Phi) is 7.17. The summed E-state index contributed by atoms with van der Waals surface area (Å²) in [7, 11) is 1.35. The summed E-state index contributed by atoms with van der Waals surface area (Å²) < 4.78 is 10.2. The van der Waals surface area contributed by atoms with Crippen LogP contribution in [0.5, 0.6) is 5.75 Å². The normalized spacial score (nSPS) is 11.7. The van der Waals surface area contributed by atoms with Crippen LogP contribution in [0.2, 0.25) is 0 Å². The lowest BCUT2D eigenvalue weighted by Gasteiger charge is -2.16. The van der Waals surface area contributed by atoms with Crippen molar-refractivity contribution in [3.05, 3.63) is 34.4 Å². The zero-order valence-electron chi connectivity index (χ0n) is 12.2. The highest BCUT2D eigenvalue weighted by Crippen LogP contribution is 2.17. The fourth-order valence-electron chi connectivity index (χ4n) is 1.72. The van der Waals surface area contributed by atoms with E-state index in [1.807, 2.05) is 6.92 Å². The first kappa shape index (κ1) is 16.9.